The number of rotatable bonds is 58. The first-order valence-corrected chi connectivity index (χ1v) is 65.6. The van der Waals surface area contributed by atoms with Crippen molar-refractivity contribution in [3.8, 4) is 11.5 Å². The summed E-state index contributed by atoms with van der Waals surface area (Å²) in [5, 5.41) is 0. The summed E-state index contributed by atoms with van der Waals surface area (Å²) in [6.07, 6.45) is 13.1. The van der Waals surface area contributed by atoms with Crippen LogP contribution < -0.4 is 9.47 Å². The minimum atomic E-state index is -0.490. The smallest absolute Gasteiger partial charge is 0.119 e. The fourth-order valence-electron chi connectivity index (χ4n) is 14.0. The van der Waals surface area contributed by atoms with Crippen molar-refractivity contribution in [2.24, 2.45) is 0 Å². The van der Waals surface area contributed by atoms with Crippen molar-refractivity contribution in [2.45, 2.75) is 10.8 Å². The van der Waals surface area contributed by atoms with Gasteiger partial charge in [0.1, 0.15) is 24.7 Å². The average molecular weight is 2210 g/mol. The van der Waals surface area contributed by atoms with Crippen LogP contribution in [0.5, 0.6) is 11.5 Å². The summed E-state index contributed by atoms with van der Waals surface area (Å²) in [7, 11) is 0. The molecule has 0 saturated carbocycles. The van der Waals surface area contributed by atoms with Crippen LogP contribution in [0.4, 0.5) is 0 Å². The second-order valence-electron chi connectivity index (χ2n) is 28.1. The van der Waals surface area contributed by atoms with Gasteiger partial charge in [0, 0.05) is 34.5 Å². The van der Waals surface area contributed by atoms with Crippen LogP contribution in [0.1, 0.15) is 44.5 Å². The molecule has 8 aromatic carbocycles. The fraction of sp³-hybridized carbons (Fsp3) is 0.327. The Bertz CT molecular complexity index is 4730. The summed E-state index contributed by atoms with van der Waals surface area (Å²) in [6.45, 7) is 10.5. The zero-order chi connectivity index (χ0) is 91.0. The van der Waals surface area contributed by atoms with Gasteiger partial charge in [0.25, 0.3) is 0 Å². The van der Waals surface area contributed by atoms with Crippen molar-refractivity contribution >= 4 is 282 Å². The average Bonchev–Trinajstić information content (AvgIpc) is 1.14. The predicted octanol–water partition coefficient (Wildman–Crippen LogP) is 31.6. The van der Waals surface area contributed by atoms with Gasteiger partial charge in [0.05, 0.1) is 193 Å². The van der Waals surface area contributed by atoms with Crippen LogP contribution in [0.3, 0.4) is 0 Å². The molecular formula is C98H104O10S24. The van der Waals surface area contributed by atoms with Crippen LogP contribution >= 0.6 is 282 Å². The number of thioether (sulfide) groups is 24. The molecule has 0 fully saturated rings. The van der Waals surface area contributed by atoms with Crippen LogP contribution in [0.25, 0.3) is 0 Å². The molecule has 6 aliphatic rings. The van der Waals surface area contributed by atoms with Gasteiger partial charge < -0.3 is 47.4 Å². The first-order chi connectivity index (χ1) is 65.2. The summed E-state index contributed by atoms with van der Waals surface area (Å²) in [6, 6.07) is 81.8. The van der Waals surface area contributed by atoms with Gasteiger partial charge in [-0.3, -0.25) is 0 Å². The molecule has 0 bridgehead atoms. The quantitative estimate of drug-likeness (QED) is 0.0267. The summed E-state index contributed by atoms with van der Waals surface area (Å²) in [5.74, 6) is 7.04. The SMILES string of the molecule is CSC1=C(SCCOCCOCCOc2ccc(C(c3ccccc3)(c3ccccc3)c3ccccc3)cc2)S/C(=C2/SC(SC)=C(SCCOCCOCCSC3=C(SC)S/C(=C4\SC(SC)=C(SCCOCCOCCSC5=C(SC)S/C(=C6/SC(SC)=C(SCCOCCOCCOc7ccc(C(c8ccccc8)(c8ccccc8)c8ccccc8)cc7)S6)S5)S4)S3)S2)S1. The zero-order valence-electron chi connectivity index (χ0n) is 73.8. The van der Waals surface area contributed by atoms with E-state index in [4.69, 9.17) is 47.4 Å². The van der Waals surface area contributed by atoms with E-state index in [1.165, 1.54) is 121 Å². The van der Waals surface area contributed by atoms with Gasteiger partial charge in [0.15, 0.2) is 0 Å². The summed E-state index contributed by atoms with van der Waals surface area (Å²) < 4.78 is 85.6. The predicted molar refractivity (Wildman–Crippen MR) is 617 cm³/mol. The van der Waals surface area contributed by atoms with Gasteiger partial charge in [-0.2, -0.15) is 0 Å². The number of ether oxygens (including phenoxy) is 10. The lowest BCUT2D eigenvalue weighted by Crippen LogP contribution is -2.30. The van der Waals surface area contributed by atoms with E-state index in [0.29, 0.717) is 119 Å². The van der Waals surface area contributed by atoms with E-state index in [0.717, 1.165) is 46.0 Å². The molecule has 0 aliphatic carbocycles. The lowest BCUT2D eigenvalue weighted by Gasteiger charge is -2.36. The molecule has 34 heteroatoms. The maximum absolute atomic E-state index is 6.18. The van der Waals surface area contributed by atoms with E-state index >= 15 is 0 Å². The molecule has 0 aromatic heterocycles. The minimum Gasteiger partial charge on any atom is -0.491 e. The Hall–Kier alpha value is -0.900. The van der Waals surface area contributed by atoms with Crippen molar-refractivity contribution in [2.75, 3.05) is 191 Å². The monoisotopic (exact) mass is 2210 g/mol. The lowest BCUT2D eigenvalue weighted by molar-refractivity contribution is 0.0413. The molecule has 6 aliphatic heterocycles. The van der Waals surface area contributed by atoms with Gasteiger partial charge in [-0.25, -0.2) is 0 Å². The highest BCUT2D eigenvalue weighted by atomic mass is 32.3. The van der Waals surface area contributed by atoms with E-state index in [9.17, 15) is 0 Å². The van der Waals surface area contributed by atoms with Crippen LogP contribution in [-0.4, -0.2) is 191 Å². The molecular weight excluding hydrogens is 2110 g/mol. The summed E-state index contributed by atoms with van der Waals surface area (Å²) >= 11 is 45.5. The fourth-order valence-corrected chi connectivity index (χ4v) is 47.0. The molecule has 8 aromatic rings. The van der Waals surface area contributed by atoms with E-state index in [1.54, 1.807) is 0 Å². The van der Waals surface area contributed by atoms with Crippen molar-refractivity contribution in [1.29, 1.82) is 0 Å². The second kappa shape index (κ2) is 59.4. The molecule has 0 amide bonds. The summed E-state index contributed by atoms with van der Waals surface area (Å²) in [5.41, 5.74) is 8.66. The Morgan fingerprint density at radius 2 is 0.326 bits per heavy atom. The normalized spacial score (nSPS) is 17.4. The minimum absolute atomic E-state index is 0.460. The van der Waals surface area contributed by atoms with Crippen LogP contribution in [0.15, 0.2) is 307 Å². The van der Waals surface area contributed by atoms with Crippen LogP contribution in [-0.2, 0) is 48.7 Å². The molecule has 0 radical (unpaired) electrons. The molecule has 0 atom stereocenters. The zero-order valence-corrected chi connectivity index (χ0v) is 93.4. The van der Waals surface area contributed by atoms with Crippen molar-refractivity contribution in [3.63, 3.8) is 0 Å². The van der Waals surface area contributed by atoms with Gasteiger partial charge in [-0.15, -0.1) is 141 Å². The topological polar surface area (TPSA) is 92.3 Å². The third-order valence-electron chi connectivity index (χ3n) is 19.9. The van der Waals surface area contributed by atoms with E-state index in [-0.39, 0.29) is 0 Å². The number of hydrogen-bond acceptors (Lipinski definition) is 34. The van der Waals surface area contributed by atoms with Gasteiger partial charge >= 0.3 is 0 Å². The molecule has 14 rings (SSSR count). The van der Waals surface area contributed by atoms with Crippen LogP contribution in [0.2, 0.25) is 0 Å². The second-order valence-corrected chi connectivity index (χ2v) is 56.5. The Balaban J connectivity index is 0.401. The first-order valence-electron chi connectivity index (χ1n) is 42.5. The molecule has 0 unspecified atom stereocenters. The molecule has 6 heterocycles. The highest BCUT2D eigenvalue weighted by Gasteiger charge is 2.41. The number of hydrogen-bond donors (Lipinski definition) is 0. The first kappa shape index (κ1) is 107. The maximum Gasteiger partial charge on any atom is 0.119 e. The third-order valence-corrected chi connectivity index (χ3v) is 53.5. The molecule has 0 N–H and O–H groups in total. The summed E-state index contributed by atoms with van der Waals surface area (Å²) in [4.78, 5) is 0. The highest BCUT2D eigenvalue weighted by Crippen LogP contribution is 2.69. The molecule has 0 saturated heterocycles. The van der Waals surface area contributed by atoms with Crippen molar-refractivity contribution in [1.82, 2.24) is 0 Å². The number of benzene rings is 8. The Labute approximate surface area is 883 Å². The van der Waals surface area contributed by atoms with Crippen LogP contribution in [0, 0.1) is 0 Å². The molecule has 0 spiro atoms. The Morgan fingerprint density at radius 1 is 0.174 bits per heavy atom. The highest BCUT2D eigenvalue weighted by molar-refractivity contribution is 8.47. The van der Waals surface area contributed by atoms with E-state index in [2.05, 4.69) is 268 Å². The van der Waals surface area contributed by atoms with Crippen molar-refractivity contribution in [3.05, 3.63) is 351 Å². The lowest BCUT2D eigenvalue weighted by atomic mass is 9.65. The van der Waals surface area contributed by atoms with E-state index < -0.39 is 10.8 Å². The van der Waals surface area contributed by atoms with Gasteiger partial charge in [0.2, 0.25) is 0 Å². The Kier molecular flexibility index (Phi) is 48.1. The van der Waals surface area contributed by atoms with Crippen molar-refractivity contribution < 1.29 is 47.4 Å². The molecule has 700 valence electrons. The Morgan fingerprint density at radius 3 is 0.500 bits per heavy atom. The molecule has 10 nitrogen and oxygen atoms in total. The maximum atomic E-state index is 6.18. The molecule has 132 heavy (non-hydrogen) atoms. The largest absolute Gasteiger partial charge is 0.491 e. The standard InChI is InChI=1S/C98H104O10S24/c1-109-79-85(115-63-57-101-47-45-99-53-55-107-77-41-37-75(38-42-77)97(69-25-13-7-14-26-69,70-27-15-8-16-28-70)71-29-17-9-18-30-71)127-91(121-79)93-123-81(111-3)87(129-93)117-65-59-103-49-51-105-61-67-119-89-83(113-5)125-95(131-89)96-126-84(114-6)90(132-96)120-68-62-106-52-50-104-60-66-118-88-82(112-4)124-94(130-88)92-122-80(110-2)86(128-92)116-64-58-102-48-46-100-54-56-108-78-43-39-76(40-44-78)98(72-31-19-10-20-32-72,73-33-21-11-22-34-73)74-35-23-12-24-36-74/h7-44H,45-68H2,1-6H3/b93-91-,94-92+,96-95-. The van der Waals surface area contributed by atoms with E-state index in [1.807, 2.05) is 282 Å². The third kappa shape index (κ3) is 30.6. The van der Waals surface area contributed by atoms with Gasteiger partial charge in [-0.1, -0.05) is 347 Å². The van der Waals surface area contributed by atoms with Gasteiger partial charge in [-0.05, 0) is 106 Å².